The minimum absolute atomic E-state index is 0.0194. The largest absolute Gasteiger partial charge is 0.335 e. The van der Waals surface area contributed by atoms with Crippen molar-refractivity contribution < 1.29 is 9.59 Å². The van der Waals surface area contributed by atoms with Crippen molar-refractivity contribution >= 4 is 23.4 Å². The number of hydrogen-bond acceptors (Lipinski definition) is 2. The van der Waals surface area contributed by atoms with Gasteiger partial charge in [0, 0.05) is 42.3 Å². The predicted octanol–water partition coefficient (Wildman–Crippen LogP) is 3.25. The maximum absolute atomic E-state index is 12.5. The number of benzene rings is 2. The highest BCUT2D eigenvalue weighted by atomic mass is 35.5. The zero-order valence-electron chi connectivity index (χ0n) is 13.5. The third-order valence-electron chi connectivity index (χ3n) is 4.24. The van der Waals surface area contributed by atoms with Gasteiger partial charge in [-0.15, -0.1) is 0 Å². The van der Waals surface area contributed by atoms with E-state index >= 15 is 0 Å². The number of carbonyl (C=O) groups is 2. The van der Waals surface area contributed by atoms with Gasteiger partial charge in [0.15, 0.2) is 0 Å². The maximum atomic E-state index is 12.5. The van der Waals surface area contributed by atoms with Crippen molar-refractivity contribution in [2.75, 3.05) is 26.2 Å². The lowest BCUT2D eigenvalue weighted by Gasteiger charge is -2.35. The van der Waals surface area contributed by atoms with Gasteiger partial charge in [0.25, 0.3) is 11.8 Å². The molecule has 2 aromatic rings. The molecule has 0 aromatic heterocycles. The summed E-state index contributed by atoms with van der Waals surface area (Å²) in [5, 5.41) is 0.611. The Kier molecular flexibility index (Phi) is 4.86. The van der Waals surface area contributed by atoms with Gasteiger partial charge in [0.05, 0.1) is 0 Å². The Balaban J connectivity index is 1.61. The molecule has 24 heavy (non-hydrogen) atoms. The van der Waals surface area contributed by atoms with Crippen LogP contribution in [0.4, 0.5) is 0 Å². The molecule has 1 saturated heterocycles. The SMILES string of the molecule is Cc1ccc(C(=O)N2CCN(C(=O)c3ccc(Cl)cc3)CC2)cc1. The van der Waals surface area contributed by atoms with E-state index in [1.807, 2.05) is 31.2 Å². The number of nitrogens with zero attached hydrogens (tertiary/aromatic N) is 2. The van der Waals surface area contributed by atoms with Gasteiger partial charge in [-0.1, -0.05) is 29.3 Å². The van der Waals surface area contributed by atoms with E-state index in [1.54, 1.807) is 34.1 Å². The molecule has 124 valence electrons. The Morgan fingerprint density at radius 2 is 1.12 bits per heavy atom. The zero-order valence-corrected chi connectivity index (χ0v) is 14.3. The number of carbonyl (C=O) groups excluding carboxylic acids is 2. The summed E-state index contributed by atoms with van der Waals surface area (Å²) < 4.78 is 0. The molecule has 2 aromatic carbocycles. The summed E-state index contributed by atoms with van der Waals surface area (Å²) in [6, 6.07) is 14.5. The van der Waals surface area contributed by atoms with E-state index in [4.69, 9.17) is 11.6 Å². The molecule has 1 fully saturated rings. The fourth-order valence-electron chi connectivity index (χ4n) is 2.77. The smallest absolute Gasteiger partial charge is 0.253 e. The highest BCUT2D eigenvalue weighted by molar-refractivity contribution is 6.30. The lowest BCUT2D eigenvalue weighted by atomic mass is 10.1. The van der Waals surface area contributed by atoms with Crippen LogP contribution in [0.2, 0.25) is 5.02 Å². The van der Waals surface area contributed by atoms with Crippen molar-refractivity contribution in [3.8, 4) is 0 Å². The van der Waals surface area contributed by atoms with E-state index in [0.29, 0.717) is 42.3 Å². The predicted molar refractivity (Wildman–Crippen MR) is 94.4 cm³/mol. The molecule has 0 saturated carbocycles. The van der Waals surface area contributed by atoms with Crippen LogP contribution >= 0.6 is 11.6 Å². The monoisotopic (exact) mass is 342 g/mol. The molecule has 0 N–H and O–H groups in total. The highest BCUT2D eigenvalue weighted by Gasteiger charge is 2.25. The summed E-state index contributed by atoms with van der Waals surface area (Å²) >= 11 is 5.85. The van der Waals surface area contributed by atoms with Crippen molar-refractivity contribution in [1.29, 1.82) is 0 Å². The molecule has 2 amide bonds. The minimum Gasteiger partial charge on any atom is -0.335 e. The first-order chi connectivity index (χ1) is 11.5. The van der Waals surface area contributed by atoms with Crippen LogP contribution in [0.5, 0.6) is 0 Å². The summed E-state index contributed by atoms with van der Waals surface area (Å²) in [6.07, 6.45) is 0. The molecule has 0 radical (unpaired) electrons. The molecule has 1 heterocycles. The Hall–Kier alpha value is -2.33. The Morgan fingerprint density at radius 1 is 0.750 bits per heavy atom. The fraction of sp³-hybridized carbons (Fsp3) is 0.263. The fourth-order valence-corrected chi connectivity index (χ4v) is 2.89. The Bertz CT molecular complexity index is 667. The molecule has 0 unspecified atom stereocenters. The number of amides is 2. The number of aryl methyl sites for hydroxylation is 1. The first-order valence-electron chi connectivity index (χ1n) is 7.95. The van der Waals surface area contributed by atoms with Gasteiger partial charge in [-0.25, -0.2) is 0 Å². The van der Waals surface area contributed by atoms with Crippen molar-refractivity contribution in [1.82, 2.24) is 9.80 Å². The highest BCUT2D eigenvalue weighted by Crippen LogP contribution is 2.14. The van der Waals surface area contributed by atoms with E-state index in [2.05, 4.69) is 0 Å². The van der Waals surface area contributed by atoms with Crippen LogP contribution in [0, 0.1) is 6.92 Å². The van der Waals surface area contributed by atoms with Crippen molar-refractivity contribution in [2.45, 2.75) is 6.92 Å². The second kappa shape index (κ2) is 7.05. The third-order valence-corrected chi connectivity index (χ3v) is 4.50. The molecule has 3 rings (SSSR count). The van der Waals surface area contributed by atoms with Gasteiger partial charge in [-0.2, -0.15) is 0 Å². The van der Waals surface area contributed by atoms with Crippen LogP contribution in [-0.2, 0) is 0 Å². The van der Waals surface area contributed by atoms with Crippen LogP contribution in [-0.4, -0.2) is 47.8 Å². The van der Waals surface area contributed by atoms with Crippen molar-refractivity contribution in [3.05, 3.63) is 70.2 Å². The van der Waals surface area contributed by atoms with Gasteiger partial charge >= 0.3 is 0 Å². The minimum atomic E-state index is -0.0194. The zero-order chi connectivity index (χ0) is 17.1. The average Bonchev–Trinajstić information content (AvgIpc) is 2.62. The average molecular weight is 343 g/mol. The van der Waals surface area contributed by atoms with Gasteiger partial charge in [0.2, 0.25) is 0 Å². The standard InChI is InChI=1S/C19H19ClN2O2/c1-14-2-4-15(5-3-14)18(23)21-10-12-22(13-11-21)19(24)16-6-8-17(20)9-7-16/h2-9H,10-13H2,1H3. The van der Waals surface area contributed by atoms with E-state index in [1.165, 1.54) is 0 Å². The summed E-state index contributed by atoms with van der Waals surface area (Å²) in [5.74, 6) is 0.00249. The van der Waals surface area contributed by atoms with E-state index in [0.717, 1.165) is 5.56 Å². The van der Waals surface area contributed by atoms with Crippen molar-refractivity contribution in [3.63, 3.8) is 0 Å². The van der Waals surface area contributed by atoms with Crippen LogP contribution < -0.4 is 0 Å². The molecule has 0 spiro atoms. The van der Waals surface area contributed by atoms with E-state index in [9.17, 15) is 9.59 Å². The van der Waals surface area contributed by atoms with Gasteiger partial charge in [-0.3, -0.25) is 9.59 Å². The van der Waals surface area contributed by atoms with E-state index < -0.39 is 0 Å². The molecular weight excluding hydrogens is 324 g/mol. The van der Waals surface area contributed by atoms with Gasteiger partial charge in [0.1, 0.15) is 0 Å². The molecule has 5 heteroatoms. The maximum Gasteiger partial charge on any atom is 0.253 e. The molecular formula is C19H19ClN2O2. The van der Waals surface area contributed by atoms with Gasteiger partial charge < -0.3 is 9.80 Å². The first kappa shape index (κ1) is 16.5. The number of piperazine rings is 1. The number of halogens is 1. The molecule has 0 atom stereocenters. The second-order valence-electron chi connectivity index (χ2n) is 5.96. The summed E-state index contributed by atoms with van der Waals surface area (Å²) in [7, 11) is 0. The molecule has 0 aliphatic carbocycles. The van der Waals surface area contributed by atoms with Crippen LogP contribution in [0.25, 0.3) is 0 Å². The summed E-state index contributed by atoms with van der Waals surface area (Å²) in [5.41, 5.74) is 2.45. The molecule has 1 aliphatic rings. The summed E-state index contributed by atoms with van der Waals surface area (Å²) in [4.78, 5) is 28.6. The van der Waals surface area contributed by atoms with Crippen molar-refractivity contribution in [2.24, 2.45) is 0 Å². The topological polar surface area (TPSA) is 40.6 Å². The Labute approximate surface area is 146 Å². The normalized spacial score (nSPS) is 14.6. The molecule has 1 aliphatic heterocycles. The first-order valence-corrected chi connectivity index (χ1v) is 8.33. The molecule has 0 bridgehead atoms. The quantitative estimate of drug-likeness (QED) is 0.840. The Morgan fingerprint density at radius 3 is 1.54 bits per heavy atom. The third kappa shape index (κ3) is 3.60. The second-order valence-corrected chi connectivity index (χ2v) is 6.39. The molecule has 4 nitrogen and oxygen atoms in total. The number of rotatable bonds is 2. The summed E-state index contributed by atoms with van der Waals surface area (Å²) in [6.45, 7) is 4.17. The van der Waals surface area contributed by atoms with Crippen LogP contribution in [0.3, 0.4) is 0 Å². The van der Waals surface area contributed by atoms with Crippen LogP contribution in [0.15, 0.2) is 48.5 Å². The van der Waals surface area contributed by atoms with Crippen LogP contribution in [0.1, 0.15) is 26.3 Å². The lowest BCUT2D eigenvalue weighted by molar-refractivity contribution is 0.0535. The van der Waals surface area contributed by atoms with E-state index in [-0.39, 0.29) is 11.8 Å². The lowest BCUT2D eigenvalue weighted by Crippen LogP contribution is -2.50. The number of hydrogen-bond donors (Lipinski definition) is 0. The van der Waals surface area contributed by atoms with Gasteiger partial charge in [-0.05, 0) is 43.3 Å².